The Labute approximate surface area is 99.1 Å². The summed E-state index contributed by atoms with van der Waals surface area (Å²) in [5, 5.41) is 4.19. The van der Waals surface area contributed by atoms with Crippen LogP contribution in [0, 0.1) is 13.8 Å². The van der Waals surface area contributed by atoms with Gasteiger partial charge in [0.25, 0.3) is 5.91 Å². The van der Waals surface area contributed by atoms with Crippen molar-refractivity contribution in [3.05, 3.63) is 29.2 Å². The SMILES string of the molecule is Cc1nc2ccnn2c(C)c1C(=O)N1CCC1. The summed E-state index contributed by atoms with van der Waals surface area (Å²) in [6.07, 6.45) is 2.80. The van der Waals surface area contributed by atoms with Gasteiger partial charge in [0, 0.05) is 19.2 Å². The lowest BCUT2D eigenvalue weighted by atomic mass is 10.1. The van der Waals surface area contributed by atoms with Crippen molar-refractivity contribution in [3.63, 3.8) is 0 Å². The topological polar surface area (TPSA) is 50.5 Å². The van der Waals surface area contributed by atoms with E-state index in [4.69, 9.17) is 0 Å². The molecule has 0 aromatic carbocycles. The van der Waals surface area contributed by atoms with E-state index in [-0.39, 0.29) is 5.91 Å². The third-order valence-corrected chi connectivity index (χ3v) is 3.30. The molecular weight excluding hydrogens is 216 g/mol. The average molecular weight is 230 g/mol. The van der Waals surface area contributed by atoms with Crippen molar-refractivity contribution >= 4 is 11.6 Å². The van der Waals surface area contributed by atoms with Crippen LogP contribution < -0.4 is 0 Å². The third-order valence-electron chi connectivity index (χ3n) is 3.30. The number of aryl methyl sites for hydroxylation is 2. The Morgan fingerprint density at radius 1 is 1.35 bits per heavy atom. The van der Waals surface area contributed by atoms with Crippen LogP contribution in [0.5, 0.6) is 0 Å². The predicted molar refractivity (Wildman–Crippen MR) is 63.0 cm³/mol. The zero-order chi connectivity index (χ0) is 12.0. The molecule has 0 atom stereocenters. The second-order valence-electron chi connectivity index (χ2n) is 4.40. The molecule has 5 nitrogen and oxygen atoms in total. The lowest BCUT2D eigenvalue weighted by Crippen LogP contribution is -2.42. The largest absolute Gasteiger partial charge is 0.338 e. The molecule has 0 N–H and O–H groups in total. The molecular formula is C12H14N4O. The molecule has 88 valence electrons. The molecule has 0 bridgehead atoms. The number of hydrogen-bond donors (Lipinski definition) is 0. The van der Waals surface area contributed by atoms with Gasteiger partial charge < -0.3 is 4.90 Å². The van der Waals surface area contributed by atoms with Crippen LogP contribution in [0.25, 0.3) is 5.65 Å². The van der Waals surface area contributed by atoms with Crippen molar-refractivity contribution < 1.29 is 4.79 Å². The summed E-state index contributed by atoms with van der Waals surface area (Å²) in [5.41, 5.74) is 3.14. The Morgan fingerprint density at radius 3 is 2.76 bits per heavy atom. The monoisotopic (exact) mass is 230 g/mol. The van der Waals surface area contributed by atoms with Crippen molar-refractivity contribution in [2.24, 2.45) is 0 Å². The van der Waals surface area contributed by atoms with E-state index in [2.05, 4.69) is 10.1 Å². The molecule has 1 aliphatic rings. The molecule has 1 fully saturated rings. The van der Waals surface area contributed by atoms with Gasteiger partial charge in [-0.05, 0) is 20.3 Å². The van der Waals surface area contributed by atoms with Gasteiger partial charge in [-0.2, -0.15) is 5.10 Å². The first-order valence-corrected chi connectivity index (χ1v) is 5.78. The predicted octanol–water partition coefficient (Wildman–Crippen LogP) is 1.19. The van der Waals surface area contributed by atoms with Crippen molar-refractivity contribution in [2.45, 2.75) is 20.3 Å². The summed E-state index contributed by atoms with van der Waals surface area (Å²) >= 11 is 0. The molecule has 3 rings (SSSR count). The summed E-state index contributed by atoms with van der Waals surface area (Å²) in [6.45, 7) is 5.51. The Bertz CT molecular complexity index is 598. The fourth-order valence-corrected chi connectivity index (χ4v) is 2.22. The van der Waals surface area contributed by atoms with E-state index in [9.17, 15) is 4.79 Å². The average Bonchev–Trinajstić information content (AvgIpc) is 2.62. The molecule has 5 heteroatoms. The highest BCUT2D eigenvalue weighted by Crippen LogP contribution is 2.19. The van der Waals surface area contributed by atoms with Gasteiger partial charge in [-0.1, -0.05) is 0 Å². The quantitative estimate of drug-likeness (QED) is 0.739. The molecule has 1 amide bonds. The second kappa shape index (κ2) is 3.55. The maximum Gasteiger partial charge on any atom is 0.257 e. The van der Waals surface area contributed by atoms with Crippen molar-refractivity contribution in [2.75, 3.05) is 13.1 Å². The lowest BCUT2D eigenvalue weighted by molar-refractivity contribution is 0.0649. The molecule has 0 radical (unpaired) electrons. The minimum atomic E-state index is 0.0798. The Hall–Kier alpha value is -1.91. The zero-order valence-corrected chi connectivity index (χ0v) is 9.97. The van der Waals surface area contributed by atoms with Crippen LogP contribution in [0.2, 0.25) is 0 Å². The fraction of sp³-hybridized carbons (Fsp3) is 0.417. The van der Waals surface area contributed by atoms with E-state index in [1.807, 2.05) is 24.8 Å². The number of nitrogens with zero attached hydrogens (tertiary/aromatic N) is 4. The molecule has 0 unspecified atom stereocenters. The first kappa shape index (κ1) is 10.3. The number of likely N-dealkylation sites (tertiary alicyclic amines) is 1. The molecule has 0 aliphatic carbocycles. The van der Waals surface area contributed by atoms with Crippen LogP contribution in [-0.2, 0) is 0 Å². The van der Waals surface area contributed by atoms with Gasteiger partial charge in [-0.15, -0.1) is 0 Å². The van der Waals surface area contributed by atoms with E-state index >= 15 is 0 Å². The van der Waals surface area contributed by atoms with Gasteiger partial charge in [0.15, 0.2) is 5.65 Å². The number of amides is 1. The van der Waals surface area contributed by atoms with Gasteiger partial charge in [-0.3, -0.25) is 4.79 Å². The van der Waals surface area contributed by atoms with Crippen molar-refractivity contribution in [1.29, 1.82) is 0 Å². The maximum absolute atomic E-state index is 12.3. The molecule has 17 heavy (non-hydrogen) atoms. The first-order chi connectivity index (χ1) is 8.18. The normalized spacial score (nSPS) is 15.1. The number of fused-ring (bicyclic) bond motifs is 1. The van der Waals surface area contributed by atoms with E-state index in [0.29, 0.717) is 5.56 Å². The smallest absolute Gasteiger partial charge is 0.257 e. The standard InChI is InChI=1S/C12H14N4O/c1-8-11(12(17)15-6-3-7-15)9(2)16-10(14-8)4-5-13-16/h4-5H,3,6-7H2,1-2H3. The van der Waals surface area contributed by atoms with E-state index in [1.165, 1.54) is 0 Å². The van der Waals surface area contributed by atoms with Crippen LogP contribution in [0.4, 0.5) is 0 Å². The highest BCUT2D eigenvalue weighted by Gasteiger charge is 2.26. The van der Waals surface area contributed by atoms with Crippen molar-refractivity contribution in [3.8, 4) is 0 Å². The fourth-order valence-electron chi connectivity index (χ4n) is 2.22. The lowest BCUT2D eigenvalue weighted by Gasteiger charge is -2.31. The molecule has 3 heterocycles. The summed E-state index contributed by atoms with van der Waals surface area (Å²) in [6, 6.07) is 1.85. The Balaban J connectivity index is 2.17. The number of hydrogen-bond acceptors (Lipinski definition) is 3. The van der Waals surface area contributed by atoms with Crippen LogP contribution >= 0.6 is 0 Å². The Morgan fingerprint density at radius 2 is 2.12 bits per heavy atom. The Kier molecular flexibility index (Phi) is 2.14. The third kappa shape index (κ3) is 1.42. The van der Waals surface area contributed by atoms with E-state index in [0.717, 1.165) is 36.5 Å². The molecule has 2 aromatic heterocycles. The summed E-state index contributed by atoms with van der Waals surface area (Å²) < 4.78 is 1.72. The van der Waals surface area contributed by atoms with E-state index < -0.39 is 0 Å². The van der Waals surface area contributed by atoms with Crippen LogP contribution in [-0.4, -0.2) is 38.5 Å². The minimum Gasteiger partial charge on any atom is -0.338 e. The van der Waals surface area contributed by atoms with Gasteiger partial charge in [0.1, 0.15) is 0 Å². The van der Waals surface area contributed by atoms with Crippen LogP contribution in [0.1, 0.15) is 28.2 Å². The van der Waals surface area contributed by atoms with E-state index in [1.54, 1.807) is 10.7 Å². The van der Waals surface area contributed by atoms with Crippen LogP contribution in [0.3, 0.4) is 0 Å². The first-order valence-electron chi connectivity index (χ1n) is 5.78. The summed E-state index contributed by atoms with van der Waals surface area (Å²) in [7, 11) is 0. The van der Waals surface area contributed by atoms with Crippen LogP contribution in [0.15, 0.2) is 12.3 Å². The highest BCUT2D eigenvalue weighted by atomic mass is 16.2. The number of rotatable bonds is 1. The highest BCUT2D eigenvalue weighted by molar-refractivity contribution is 5.97. The molecule has 2 aromatic rings. The van der Waals surface area contributed by atoms with Gasteiger partial charge >= 0.3 is 0 Å². The summed E-state index contributed by atoms with van der Waals surface area (Å²) in [5.74, 6) is 0.0798. The maximum atomic E-state index is 12.3. The number of carbonyl (C=O) groups is 1. The molecule has 0 saturated carbocycles. The van der Waals surface area contributed by atoms with Crippen molar-refractivity contribution in [1.82, 2.24) is 19.5 Å². The number of aromatic nitrogens is 3. The number of carbonyl (C=O) groups excluding carboxylic acids is 1. The second-order valence-corrected chi connectivity index (χ2v) is 4.40. The van der Waals surface area contributed by atoms with Gasteiger partial charge in [0.2, 0.25) is 0 Å². The minimum absolute atomic E-state index is 0.0798. The molecule has 1 aliphatic heterocycles. The molecule has 1 saturated heterocycles. The summed E-state index contributed by atoms with van der Waals surface area (Å²) in [4.78, 5) is 18.5. The zero-order valence-electron chi connectivity index (χ0n) is 9.97. The molecule has 0 spiro atoms. The van der Waals surface area contributed by atoms with Gasteiger partial charge in [-0.25, -0.2) is 9.50 Å². The van der Waals surface area contributed by atoms with Gasteiger partial charge in [0.05, 0.1) is 23.1 Å².